The first kappa shape index (κ1) is 15.7. The van der Waals surface area contributed by atoms with Crippen LogP contribution in [0.15, 0.2) is 71.8 Å². The monoisotopic (exact) mass is 320 g/mol. The smallest absolute Gasteiger partial charge is 0.335 e. The molecule has 0 amide bonds. The molecule has 0 saturated carbocycles. The van der Waals surface area contributed by atoms with Crippen LogP contribution in [0, 0.1) is 0 Å². The normalized spacial score (nSPS) is 10.5. The zero-order valence-corrected chi connectivity index (χ0v) is 12.9. The van der Waals surface area contributed by atoms with E-state index < -0.39 is 5.97 Å². The van der Waals surface area contributed by atoms with Gasteiger partial charge in [0.2, 0.25) is 0 Å². The van der Waals surface area contributed by atoms with Gasteiger partial charge >= 0.3 is 5.97 Å². The summed E-state index contributed by atoms with van der Waals surface area (Å²) in [6, 6.07) is 16.0. The van der Waals surface area contributed by atoms with Gasteiger partial charge in [0.05, 0.1) is 12.1 Å². The van der Waals surface area contributed by atoms with Crippen LogP contribution in [0.25, 0.3) is 0 Å². The van der Waals surface area contributed by atoms with Crippen LogP contribution in [0.5, 0.6) is 0 Å². The molecule has 0 unspecified atom stereocenters. The van der Waals surface area contributed by atoms with Crippen molar-refractivity contribution in [3.8, 4) is 0 Å². The van der Waals surface area contributed by atoms with Crippen molar-refractivity contribution in [2.24, 2.45) is 0 Å². The molecule has 1 N–H and O–H groups in total. The average molecular weight is 320 g/mol. The Hall–Kier alpha value is -3.21. The van der Waals surface area contributed by atoms with Crippen molar-refractivity contribution in [1.82, 2.24) is 9.55 Å². The lowest BCUT2D eigenvalue weighted by Crippen LogP contribution is -2.18. The quantitative estimate of drug-likeness (QED) is 0.784. The molecule has 0 fully saturated rings. The maximum Gasteiger partial charge on any atom is 0.335 e. The van der Waals surface area contributed by atoms with Crippen molar-refractivity contribution >= 4 is 5.97 Å². The number of hydrogen-bond donors (Lipinski definition) is 1. The Bertz CT molecular complexity index is 914. The maximum atomic E-state index is 11.7. The molecule has 3 rings (SSSR count). The van der Waals surface area contributed by atoms with Gasteiger partial charge in [-0.05, 0) is 29.3 Å². The standard InChI is InChI=1S/C19H16N2O3/c22-18-3-1-2-10-21(18)13-15-6-4-14(5-7-15)11-17-12-16(19(23)24)8-9-20-17/h1-10,12H,11,13H2,(H,23,24). The van der Waals surface area contributed by atoms with Gasteiger partial charge in [0.1, 0.15) is 0 Å². The summed E-state index contributed by atoms with van der Waals surface area (Å²) < 4.78 is 1.65. The molecule has 0 radical (unpaired) electrons. The first-order chi connectivity index (χ1) is 11.6. The summed E-state index contributed by atoms with van der Waals surface area (Å²) in [6.07, 6.45) is 3.83. The molecule has 0 saturated heterocycles. The second-order valence-corrected chi connectivity index (χ2v) is 5.50. The first-order valence-corrected chi connectivity index (χ1v) is 7.53. The van der Waals surface area contributed by atoms with Crippen LogP contribution >= 0.6 is 0 Å². The van der Waals surface area contributed by atoms with E-state index in [-0.39, 0.29) is 11.1 Å². The van der Waals surface area contributed by atoms with E-state index in [0.717, 1.165) is 11.1 Å². The molecule has 120 valence electrons. The predicted octanol–water partition coefficient (Wildman–Crippen LogP) is 2.58. The van der Waals surface area contributed by atoms with Crippen molar-refractivity contribution < 1.29 is 9.90 Å². The summed E-state index contributed by atoms with van der Waals surface area (Å²) in [5.41, 5.74) is 2.98. The highest BCUT2D eigenvalue weighted by molar-refractivity contribution is 5.87. The fraction of sp³-hybridized carbons (Fsp3) is 0.105. The Morgan fingerprint density at radius 1 is 1.04 bits per heavy atom. The third-order valence-corrected chi connectivity index (χ3v) is 3.72. The lowest BCUT2D eigenvalue weighted by Gasteiger charge is -2.07. The summed E-state index contributed by atoms with van der Waals surface area (Å²) in [4.78, 5) is 26.9. The Balaban J connectivity index is 1.73. The second-order valence-electron chi connectivity index (χ2n) is 5.50. The number of pyridine rings is 2. The van der Waals surface area contributed by atoms with Crippen molar-refractivity contribution in [3.05, 3.63) is 99.7 Å². The van der Waals surface area contributed by atoms with Gasteiger partial charge in [-0.2, -0.15) is 0 Å². The Morgan fingerprint density at radius 3 is 2.50 bits per heavy atom. The fourth-order valence-electron chi connectivity index (χ4n) is 2.47. The van der Waals surface area contributed by atoms with Crippen LogP contribution in [0.2, 0.25) is 0 Å². The molecule has 5 heteroatoms. The third-order valence-electron chi connectivity index (χ3n) is 3.72. The SMILES string of the molecule is O=C(O)c1ccnc(Cc2ccc(Cn3ccccc3=O)cc2)c1. The second kappa shape index (κ2) is 6.91. The summed E-state index contributed by atoms with van der Waals surface area (Å²) in [7, 11) is 0. The van der Waals surface area contributed by atoms with Gasteiger partial charge in [0.25, 0.3) is 5.56 Å². The van der Waals surface area contributed by atoms with Gasteiger partial charge in [-0.1, -0.05) is 30.3 Å². The molecule has 1 aromatic carbocycles. The summed E-state index contributed by atoms with van der Waals surface area (Å²) in [5.74, 6) is -0.956. The van der Waals surface area contributed by atoms with E-state index in [4.69, 9.17) is 5.11 Å². The van der Waals surface area contributed by atoms with Gasteiger partial charge in [-0.3, -0.25) is 9.78 Å². The predicted molar refractivity (Wildman–Crippen MR) is 90.2 cm³/mol. The zero-order valence-electron chi connectivity index (χ0n) is 12.9. The van der Waals surface area contributed by atoms with Crippen LogP contribution in [0.1, 0.15) is 27.2 Å². The number of benzene rings is 1. The van der Waals surface area contributed by atoms with Gasteiger partial charge in [-0.15, -0.1) is 0 Å². The highest BCUT2D eigenvalue weighted by atomic mass is 16.4. The molecular weight excluding hydrogens is 304 g/mol. The number of aromatic nitrogens is 2. The van der Waals surface area contributed by atoms with Gasteiger partial charge in [0, 0.05) is 30.6 Å². The van der Waals surface area contributed by atoms with Gasteiger partial charge in [0.15, 0.2) is 0 Å². The molecule has 24 heavy (non-hydrogen) atoms. The molecular formula is C19H16N2O3. The van der Waals surface area contributed by atoms with Crippen molar-refractivity contribution in [2.75, 3.05) is 0 Å². The summed E-state index contributed by atoms with van der Waals surface area (Å²) >= 11 is 0. The number of carboxylic acid groups (broad SMARTS) is 1. The van der Waals surface area contributed by atoms with E-state index >= 15 is 0 Å². The number of aromatic carboxylic acids is 1. The minimum atomic E-state index is -0.956. The zero-order chi connectivity index (χ0) is 16.9. The third kappa shape index (κ3) is 3.76. The Labute approximate surface area is 138 Å². The van der Waals surface area contributed by atoms with Gasteiger partial charge < -0.3 is 9.67 Å². The molecule has 0 aliphatic rings. The van der Waals surface area contributed by atoms with Gasteiger partial charge in [-0.25, -0.2) is 4.79 Å². The number of hydrogen-bond acceptors (Lipinski definition) is 3. The summed E-state index contributed by atoms with van der Waals surface area (Å²) in [5, 5.41) is 9.02. The van der Waals surface area contributed by atoms with Crippen LogP contribution < -0.4 is 5.56 Å². The molecule has 2 aromatic heterocycles. The first-order valence-electron chi connectivity index (χ1n) is 7.53. The van der Waals surface area contributed by atoms with Crippen LogP contribution in [0.4, 0.5) is 0 Å². The van der Waals surface area contributed by atoms with Crippen LogP contribution in [0.3, 0.4) is 0 Å². The van der Waals surface area contributed by atoms with E-state index in [1.165, 1.54) is 18.3 Å². The van der Waals surface area contributed by atoms with Crippen molar-refractivity contribution in [3.63, 3.8) is 0 Å². The van der Waals surface area contributed by atoms with Crippen molar-refractivity contribution in [2.45, 2.75) is 13.0 Å². The molecule has 0 aliphatic heterocycles. The van der Waals surface area contributed by atoms with Crippen LogP contribution in [-0.2, 0) is 13.0 Å². The fourth-order valence-corrected chi connectivity index (χ4v) is 2.47. The summed E-state index contributed by atoms with van der Waals surface area (Å²) in [6.45, 7) is 0.521. The number of carbonyl (C=O) groups is 1. The molecule has 0 spiro atoms. The van der Waals surface area contributed by atoms with E-state index in [9.17, 15) is 9.59 Å². The minimum absolute atomic E-state index is 0.0312. The topological polar surface area (TPSA) is 72.2 Å². The average Bonchev–Trinajstić information content (AvgIpc) is 2.59. The molecule has 0 aliphatic carbocycles. The van der Waals surface area contributed by atoms with Crippen LogP contribution in [-0.4, -0.2) is 20.6 Å². The lowest BCUT2D eigenvalue weighted by molar-refractivity contribution is 0.0696. The van der Waals surface area contributed by atoms with E-state index in [1.54, 1.807) is 22.9 Å². The minimum Gasteiger partial charge on any atom is -0.478 e. The Kier molecular flexibility index (Phi) is 4.52. The molecule has 2 heterocycles. The van der Waals surface area contributed by atoms with E-state index in [2.05, 4.69) is 4.98 Å². The maximum absolute atomic E-state index is 11.7. The lowest BCUT2D eigenvalue weighted by atomic mass is 10.1. The molecule has 0 bridgehead atoms. The molecule has 3 aromatic rings. The number of carboxylic acids is 1. The highest BCUT2D eigenvalue weighted by Gasteiger charge is 2.05. The highest BCUT2D eigenvalue weighted by Crippen LogP contribution is 2.11. The van der Waals surface area contributed by atoms with E-state index in [0.29, 0.717) is 18.7 Å². The number of rotatable bonds is 5. The largest absolute Gasteiger partial charge is 0.478 e. The van der Waals surface area contributed by atoms with E-state index in [1.807, 2.05) is 30.3 Å². The molecule has 5 nitrogen and oxygen atoms in total. The Morgan fingerprint density at radius 2 is 1.79 bits per heavy atom. The van der Waals surface area contributed by atoms with Crippen molar-refractivity contribution in [1.29, 1.82) is 0 Å². The number of nitrogens with zero attached hydrogens (tertiary/aromatic N) is 2. The molecule has 0 atom stereocenters.